The summed E-state index contributed by atoms with van der Waals surface area (Å²) in [5, 5.41) is 4.96. The number of nitrogens with one attached hydrogen (secondary N) is 2. The van der Waals surface area contributed by atoms with Crippen LogP contribution in [0.3, 0.4) is 0 Å². The van der Waals surface area contributed by atoms with E-state index in [0.29, 0.717) is 24.3 Å². The molecule has 0 aromatic heterocycles. The van der Waals surface area contributed by atoms with Gasteiger partial charge in [0.1, 0.15) is 0 Å². The number of benzene rings is 1. The number of hydrogen-bond acceptors (Lipinski definition) is 5. The molecule has 0 saturated carbocycles. The molecule has 8 nitrogen and oxygen atoms in total. The molecule has 0 spiro atoms. The van der Waals surface area contributed by atoms with Crippen molar-refractivity contribution in [2.45, 2.75) is 37.5 Å². The predicted octanol–water partition coefficient (Wildman–Crippen LogP) is 0.573. The highest BCUT2D eigenvalue weighted by atomic mass is 32.2. The van der Waals surface area contributed by atoms with Crippen molar-refractivity contribution < 1.29 is 18.0 Å². The highest BCUT2D eigenvalue weighted by molar-refractivity contribution is 7.89. The lowest BCUT2D eigenvalue weighted by Crippen LogP contribution is -2.36. The van der Waals surface area contributed by atoms with Crippen LogP contribution in [0.2, 0.25) is 0 Å². The molecular formula is C17H26N4O4S. The van der Waals surface area contributed by atoms with Crippen LogP contribution in [0.4, 0.5) is 5.69 Å². The van der Waals surface area contributed by atoms with Crippen molar-refractivity contribution in [2.24, 2.45) is 5.73 Å². The van der Waals surface area contributed by atoms with Crippen molar-refractivity contribution >= 4 is 27.5 Å². The van der Waals surface area contributed by atoms with Crippen LogP contribution in [0, 0.1) is 6.92 Å². The fourth-order valence-electron chi connectivity index (χ4n) is 2.83. The van der Waals surface area contributed by atoms with E-state index in [0.717, 1.165) is 25.7 Å². The van der Waals surface area contributed by atoms with Crippen molar-refractivity contribution in [1.29, 1.82) is 0 Å². The van der Waals surface area contributed by atoms with Gasteiger partial charge in [-0.1, -0.05) is 18.9 Å². The molecule has 0 unspecified atom stereocenters. The second-order valence-corrected chi connectivity index (χ2v) is 8.23. The molecule has 1 heterocycles. The summed E-state index contributed by atoms with van der Waals surface area (Å²) in [6.07, 6.45) is 3.79. The molecule has 4 N–H and O–H groups in total. The first-order valence-electron chi connectivity index (χ1n) is 8.72. The molecule has 2 rings (SSSR count). The van der Waals surface area contributed by atoms with Gasteiger partial charge in [0.25, 0.3) is 0 Å². The van der Waals surface area contributed by atoms with Gasteiger partial charge in [0.15, 0.2) is 0 Å². The summed E-state index contributed by atoms with van der Waals surface area (Å²) in [6.45, 7) is 2.35. The number of nitrogens with two attached hydrogens (primary N) is 1. The predicted molar refractivity (Wildman–Crippen MR) is 99.1 cm³/mol. The van der Waals surface area contributed by atoms with Crippen LogP contribution in [0.1, 0.15) is 31.2 Å². The van der Waals surface area contributed by atoms with Gasteiger partial charge in [-0.2, -0.15) is 4.31 Å². The van der Waals surface area contributed by atoms with E-state index in [4.69, 9.17) is 5.73 Å². The zero-order chi connectivity index (χ0) is 19.2. The molecule has 1 saturated heterocycles. The minimum Gasteiger partial charge on any atom is -0.346 e. The molecule has 1 fully saturated rings. The van der Waals surface area contributed by atoms with Crippen LogP contribution in [-0.2, 0) is 19.6 Å². The Morgan fingerprint density at radius 1 is 1.12 bits per heavy atom. The maximum absolute atomic E-state index is 13.0. The highest BCUT2D eigenvalue weighted by Crippen LogP contribution is 2.25. The first kappa shape index (κ1) is 20.3. The third-order valence-electron chi connectivity index (χ3n) is 4.29. The Morgan fingerprint density at radius 3 is 2.38 bits per heavy atom. The largest absolute Gasteiger partial charge is 0.346 e. The summed E-state index contributed by atoms with van der Waals surface area (Å²) in [7, 11) is -3.61. The standard InChI is InChI=1S/C17H26N4O4S/c1-13-6-7-14(20-17(23)12-19-16(22)11-18)10-15(13)26(24,25)21-8-4-2-3-5-9-21/h6-7,10H,2-5,8-9,11-12,18H2,1H3,(H,19,22)(H,20,23). The van der Waals surface area contributed by atoms with Gasteiger partial charge >= 0.3 is 0 Å². The number of amides is 2. The van der Waals surface area contributed by atoms with Gasteiger partial charge in [-0.05, 0) is 37.5 Å². The molecule has 0 bridgehead atoms. The van der Waals surface area contributed by atoms with Gasteiger partial charge in [-0.3, -0.25) is 9.59 Å². The van der Waals surface area contributed by atoms with E-state index in [1.54, 1.807) is 19.1 Å². The lowest BCUT2D eigenvalue weighted by molar-refractivity contribution is -0.123. The van der Waals surface area contributed by atoms with E-state index in [1.165, 1.54) is 10.4 Å². The Hall–Kier alpha value is -1.97. The van der Waals surface area contributed by atoms with Gasteiger partial charge in [-0.15, -0.1) is 0 Å². The molecule has 9 heteroatoms. The SMILES string of the molecule is Cc1ccc(NC(=O)CNC(=O)CN)cc1S(=O)(=O)N1CCCCCC1. The van der Waals surface area contributed by atoms with Crippen LogP contribution >= 0.6 is 0 Å². The van der Waals surface area contributed by atoms with E-state index in [-0.39, 0.29) is 18.0 Å². The molecule has 1 aliphatic rings. The first-order chi connectivity index (χ1) is 12.3. The Bertz CT molecular complexity index is 756. The topological polar surface area (TPSA) is 122 Å². The maximum Gasteiger partial charge on any atom is 0.243 e. The summed E-state index contributed by atoms with van der Waals surface area (Å²) in [5.41, 5.74) is 6.16. The Morgan fingerprint density at radius 2 is 1.77 bits per heavy atom. The molecular weight excluding hydrogens is 356 g/mol. The summed E-state index contributed by atoms with van der Waals surface area (Å²) < 4.78 is 27.5. The molecule has 2 amide bonds. The number of rotatable bonds is 6. The van der Waals surface area contributed by atoms with E-state index in [1.807, 2.05) is 0 Å². The maximum atomic E-state index is 13.0. The lowest BCUT2D eigenvalue weighted by atomic mass is 10.2. The molecule has 1 aromatic rings. The number of nitrogens with zero attached hydrogens (tertiary/aromatic N) is 1. The van der Waals surface area contributed by atoms with E-state index >= 15 is 0 Å². The average molecular weight is 382 g/mol. The van der Waals surface area contributed by atoms with Crippen molar-refractivity contribution in [3.63, 3.8) is 0 Å². The fraction of sp³-hybridized carbons (Fsp3) is 0.529. The van der Waals surface area contributed by atoms with Crippen LogP contribution in [-0.4, -0.2) is 50.7 Å². The zero-order valence-corrected chi connectivity index (χ0v) is 15.8. The zero-order valence-electron chi connectivity index (χ0n) is 15.0. The second-order valence-electron chi connectivity index (χ2n) is 6.33. The molecule has 1 aliphatic heterocycles. The van der Waals surface area contributed by atoms with Gasteiger partial charge in [-0.25, -0.2) is 8.42 Å². The van der Waals surface area contributed by atoms with Crippen molar-refractivity contribution in [1.82, 2.24) is 9.62 Å². The number of aryl methyl sites for hydroxylation is 1. The van der Waals surface area contributed by atoms with Crippen LogP contribution in [0.25, 0.3) is 0 Å². The van der Waals surface area contributed by atoms with Gasteiger partial charge in [0, 0.05) is 18.8 Å². The highest BCUT2D eigenvalue weighted by Gasteiger charge is 2.27. The summed E-state index contributed by atoms with van der Waals surface area (Å²) in [5.74, 6) is -0.887. The van der Waals surface area contributed by atoms with Crippen LogP contribution in [0.15, 0.2) is 23.1 Å². The molecule has 26 heavy (non-hydrogen) atoms. The average Bonchev–Trinajstić information content (AvgIpc) is 2.91. The third kappa shape index (κ3) is 5.26. The molecule has 0 radical (unpaired) electrons. The summed E-state index contributed by atoms with van der Waals surface area (Å²) in [4.78, 5) is 23.2. The second kappa shape index (κ2) is 9.11. The molecule has 144 valence electrons. The third-order valence-corrected chi connectivity index (χ3v) is 6.33. The minimum absolute atomic E-state index is 0.197. The Balaban J connectivity index is 2.15. The van der Waals surface area contributed by atoms with Crippen LogP contribution < -0.4 is 16.4 Å². The van der Waals surface area contributed by atoms with E-state index in [2.05, 4.69) is 10.6 Å². The molecule has 1 aromatic carbocycles. The number of carbonyl (C=O) groups is 2. The monoisotopic (exact) mass is 382 g/mol. The smallest absolute Gasteiger partial charge is 0.243 e. The number of sulfonamides is 1. The van der Waals surface area contributed by atoms with Gasteiger partial charge < -0.3 is 16.4 Å². The normalized spacial score (nSPS) is 15.9. The summed E-state index contributed by atoms with van der Waals surface area (Å²) >= 11 is 0. The van der Waals surface area contributed by atoms with Gasteiger partial charge in [0.2, 0.25) is 21.8 Å². The van der Waals surface area contributed by atoms with E-state index < -0.39 is 21.8 Å². The first-order valence-corrected chi connectivity index (χ1v) is 10.2. The van der Waals surface area contributed by atoms with Crippen molar-refractivity contribution in [3.8, 4) is 0 Å². The number of hydrogen-bond donors (Lipinski definition) is 3. The van der Waals surface area contributed by atoms with Crippen LogP contribution in [0.5, 0.6) is 0 Å². The van der Waals surface area contributed by atoms with Crippen molar-refractivity contribution in [3.05, 3.63) is 23.8 Å². The Kier molecular flexibility index (Phi) is 7.13. The van der Waals surface area contributed by atoms with E-state index in [9.17, 15) is 18.0 Å². The number of anilines is 1. The minimum atomic E-state index is -3.61. The van der Waals surface area contributed by atoms with Gasteiger partial charge in [0.05, 0.1) is 18.0 Å². The lowest BCUT2D eigenvalue weighted by Gasteiger charge is -2.21. The summed E-state index contributed by atoms with van der Waals surface area (Å²) in [6, 6.07) is 4.77. The molecule has 0 atom stereocenters. The fourth-order valence-corrected chi connectivity index (χ4v) is 4.60. The molecule has 0 aliphatic carbocycles. The quantitative estimate of drug-likeness (QED) is 0.664. The van der Waals surface area contributed by atoms with Crippen molar-refractivity contribution in [2.75, 3.05) is 31.5 Å². The number of carbonyl (C=O) groups excluding carboxylic acids is 2. The Labute approximate surface area is 154 Å².